The van der Waals surface area contributed by atoms with E-state index < -0.39 is 0 Å². The summed E-state index contributed by atoms with van der Waals surface area (Å²) in [6.45, 7) is 4.37. The van der Waals surface area contributed by atoms with Crippen LogP contribution in [-0.4, -0.2) is 41.1 Å². The molecule has 1 aliphatic rings. The lowest BCUT2D eigenvalue weighted by Gasteiger charge is -2.34. The summed E-state index contributed by atoms with van der Waals surface area (Å²) in [5.74, 6) is -0.00500. The Morgan fingerprint density at radius 3 is 2.88 bits per heavy atom. The van der Waals surface area contributed by atoms with Crippen molar-refractivity contribution in [2.45, 2.75) is 13.0 Å². The molecule has 1 aromatic rings. The largest absolute Gasteiger partial charge is 0.333 e. The molecule has 0 bridgehead atoms. The van der Waals surface area contributed by atoms with Crippen molar-refractivity contribution in [3.8, 4) is 0 Å². The summed E-state index contributed by atoms with van der Waals surface area (Å²) >= 11 is 0. The second-order valence-corrected chi connectivity index (χ2v) is 4.42. The summed E-state index contributed by atoms with van der Waals surface area (Å²) in [6.07, 6.45) is 1.60. The number of hydrogen-bond donors (Lipinski definition) is 1. The molecular formula is C12H17N3O2. The minimum Gasteiger partial charge on any atom is -0.333 e. The summed E-state index contributed by atoms with van der Waals surface area (Å²) in [6, 6.07) is 3.22. The van der Waals surface area contributed by atoms with E-state index in [1.54, 1.807) is 19.3 Å². The maximum Gasteiger partial charge on any atom is 0.255 e. The fourth-order valence-electron chi connectivity index (χ4n) is 2.03. The highest BCUT2D eigenvalue weighted by molar-refractivity contribution is 5.94. The molecule has 1 aromatic heterocycles. The first kappa shape index (κ1) is 11.9. The number of carbonyl (C=O) groups is 1. The number of aromatic nitrogens is 1. The minimum atomic E-state index is -0.102. The molecule has 1 atom stereocenters. The molecule has 1 fully saturated rings. The van der Waals surface area contributed by atoms with Gasteiger partial charge in [-0.1, -0.05) is 0 Å². The minimum absolute atomic E-state index is 0.00500. The smallest absolute Gasteiger partial charge is 0.255 e. The molecular weight excluding hydrogens is 218 g/mol. The Bertz CT molecular complexity index is 481. The number of aryl methyl sites for hydroxylation is 1. The Balaban J connectivity index is 2.23. The maximum atomic E-state index is 12.3. The predicted octanol–water partition coefficient (Wildman–Crippen LogP) is -0.181. The summed E-state index contributed by atoms with van der Waals surface area (Å²) in [7, 11) is 1.65. The second kappa shape index (κ2) is 4.71. The zero-order chi connectivity index (χ0) is 12.4. The van der Waals surface area contributed by atoms with E-state index in [1.165, 1.54) is 10.6 Å². The molecule has 0 spiro atoms. The molecule has 5 nitrogen and oxygen atoms in total. The molecule has 17 heavy (non-hydrogen) atoms. The quantitative estimate of drug-likeness (QED) is 0.734. The zero-order valence-corrected chi connectivity index (χ0v) is 10.1. The van der Waals surface area contributed by atoms with Gasteiger partial charge in [-0.3, -0.25) is 9.59 Å². The Labute approximate surface area is 100 Å². The van der Waals surface area contributed by atoms with Crippen molar-refractivity contribution < 1.29 is 4.79 Å². The lowest BCUT2D eigenvalue weighted by atomic mass is 10.1. The first-order chi connectivity index (χ1) is 8.09. The number of hydrogen-bond acceptors (Lipinski definition) is 3. The summed E-state index contributed by atoms with van der Waals surface area (Å²) in [5, 5.41) is 3.24. The maximum absolute atomic E-state index is 12.3. The highest BCUT2D eigenvalue weighted by atomic mass is 16.2. The van der Waals surface area contributed by atoms with Crippen LogP contribution in [0.15, 0.2) is 23.1 Å². The molecule has 92 valence electrons. The molecule has 2 heterocycles. The topological polar surface area (TPSA) is 54.3 Å². The predicted molar refractivity (Wildman–Crippen MR) is 65.1 cm³/mol. The van der Waals surface area contributed by atoms with Crippen molar-refractivity contribution in [3.05, 3.63) is 34.2 Å². The molecule has 1 saturated heterocycles. The Morgan fingerprint density at radius 2 is 2.24 bits per heavy atom. The van der Waals surface area contributed by atoms with Gasteiger partial charge in [-0.15, -0.1) is 0 Å². The van der Waals surface area contributed by atoms with Gasteiger partial charge in [-0.2, -0.15) is 0 Å². The van der Waals surface area contributed by atoms with Gasteiger partial charge in [0.15, 0.2) is 0 Å². The molecule has 0 aliphatic carbocycles. The van der Waals surface area contributed by atoms with Gasteiger partial charge in [0.2, 0.25) is 5.56 Å². The number of nitrogens with zero attached hydrogens (tertiary/aromatic N) is 2. The lowest BCUT2D eigenvalue weighted by Crippen LogP contribution is -2.52. The molecule has 0 radical (unpaired) electrons. The van der Waals surface area contributed by atoms with Crippen LogP contribution in [0.2, 0.25) is 0 Å². The van der Waals surface area contributed by atoms with E-state index in [1.807, 2.05) is 11.8 Å². The van der Waals surface area contributed by atoms with Crippen molar-refractivity contribution in [1.29, 1.82) is 0 Å². The number of nitrogens with one attached hydrogen (secondary N) is 1. The summed E-state index contributed by atoms with van der Waals surface area (Å²) < 4.78 is 1.43. The Morgan fingerprint density at radius 1 is 1.47 bits per heavy atom. The SMILES string of the molecule is C[C@@H]1CNCCN1C(=O)c1ccc(=O)n(C)c1. The molecule has 0 aromatic carbocycles. The van der Waals surface area contributed by atoms with E-state index in [-0.39, 0.29) is 17.5 Å². The molecule has 1 amide bonds. The first-order valence-corrected chi connectivity index (χ1v) is 5.78. The molecule has 0 unspecified atom stereocenters. The molecule has 2 rings (SSSR count). The zero-order valence-electron chi connectivity index (χ0n) is 10.1. The van der Waals surface area contributed by atoms with Gasteiger partial charge in [-0.25, -0.2) is 0 Å². The fraction of sp³-hybridized carbons (Fsp3) is 0.500. The van der Waals surface area contributed by atoms with Crippen molar-refractivity contribution in [2.75, 3.05) is 19.6 Å². The van der Waals surface area contributed by atoms with Gasteiger partial charge in [0.05, 0.1) is 5.56 Å². The van der Waals surface area contributed by atoms with Gasteiger partial charge in [-0.05, 0) is 13.0 Å². The van der Waals surface area contributed by atoms with Crippen LogP contribution in [0.5, 0.6) is 0 Å². The van der Waals surface area contributed by atoms with Crippen LogP contribution >= 0.6 is 0 Å². The third-order valence-electron chi connectivity index (χ3n) is 3.09. The van der Waals surface area contributed by atoms with E-state index >= 15 is 0 Å². The van der Waals surface area contributed by atoms with E-state index in [9.17, 15) is 9.59 Å². The average molecular weight is 235 g/mol. The number of amides is 1. The lowest BCUT2D eigenvalue weighted by molar-refractivity contribution is 0.0655. The Kier molecular flexibility index (Phi) is 3.28. The van der Waals surface area contributed by atoms with Crippen LogP contribution in [0.1, 0.15) is 17.3 Å². The van der Waals surface area contributed by atoms with Gasteiger partial charge in [0.25, 0.3) is 5.91 Å². The normalized spacial score (nSPS) is 20.4. The van der Waals surface area contributed by atoms with E-state index in [4.69, 9.17) is 0 Å². The summed E-state index contributed by atoms with van der Waals surface area (Å²) in [4.78, 5) is 25.4. The van der Waals surface area contributed by atoms with E-state index in [0.717, 1.165) is 13.1 Å². The molecule has 1 N–H and O–H groups in total. The van der Waals surface area contributed by atoms with Gasteiger partial charge >= 0.3 is 0 Å². The van der Waals surface area contributed by atoms with E-state index in [0.29, 0.717) is 12.1 Å². The summed E-state index contributed by atoms with van der Waals surface area (Å²) in [5.41, 5.74) is 0.468. The van der Waals surface area contributed by atoms with E-state index in [2.05, 4.69) is 5.32 Å². The van der Waals surface area contributed by atoms with Crippen molar-refractivity contribution in [2.24, 2.45) is 7.05 Å². The first-order valence-electron chi connectivity index (χ1n) is 5.78. The fourth-order valence-corrected chi connectivity index (χ4v) is 2.03. The van der Waals surface area contributed by atoms with Gasteiger partial charge in [0, 0.05) is 45.0 Å². The van der Waals surface area contributed by atoms with Crippen molar-refractivity contribution in [3.63, 3.8) is 0 Å². The second-order valence-electron chi connectivity index (χ2n) is 4.42. The van der Waals surface area contributed by atoms with Crippen LogP contribution in [0, 0.1) is 0 Å². The molecule has 1 aliphatic heterocycles. The third kappa shape index (κ3) is 2.39. The molecule has 5 heteroatoms. The van der Waals surface area contributed by atoms with Crippen LogP contribution in [0.3, 0.4) is 0 Å². The average Bonchev–Trinajstić information content (AvgIpc) is 2.32. The number of piperazine rings is 1. The van der Waals surface area contributed by atoms with Crippen LogP contribution in [-0.2, 0) is 7.05 Å². The Hall–Kier alpha value is -1.62. The van der Waals surface area contributed by atoms with Crippen molar-refractivity contribution in [1.82, 2.24) is 14.8 Å². The number of carbonyl (C=O) groups excluding carboxylic acids is 1. The van der Waals surface area contributed by atoms with Crippen LogP contribution in [0.25, 0.3) is 0 Å². The van der Waals surface area contributed by atoms with Crippen molar-refractivity contribution >= 4 is 5.91 Å². The van der Waals surface area contributed by atoms with Crippen LogP contribution in [0.4, 0.5) is 0 Å². The van der Waals surface area contributed by atoms with Gasteiger partial charge < -0.3 is 14.8 Å². The number of pyridine rings is 1. The highest BCUT2D eigenvalue weighted by Gasteiger charge is 2.24. The number of rotatable bonds is 1. The monoisotopic (exact) mass is 235 g/mol. The standard InChI is InChI=1S/C12H17N3O2/c1-9-7-13-5-6-15(9)12(17)10-3-4-11(16)14(2)8-10/h3-4,8-9,13H,5-7H2,1-2H3/t9-/m1/s1. The van der Waals surface area contributed by atoms with Crippen LogP contribution < -0.4 is 10.9 Å². The molecule has 0 saturated carbocycles. The third-order valence-corrected chi connectivity index (χ3v) is 3.09. The highest BCUT2D eigenvalue weighted by Crippen LogP contribution is 2.08. The van der Waals surface area contributed by atoms with Gasteiger partial charge in [0.1, 0.15) is 0 Å².